The van der Waals surface area contributed by atoms with Crippen molar-refractivity contribution in [3.8, 4) is 17.1 Å². The quantitative estimate of drug-likeness (QED) is 0.593. The molecule has 2 heterocycles. The smallest absolute Gasteiger partial charge is 0.214 e. The predicted molar refractivity (Wildman–Crippen MR) is 106 cm³/mol. The first-order valence-electron chi connectivity index (χ1n) is 8.28. The van der Waals surface area contributed by atoms with Gasteiger partial charge in [-0.1, -0.05) is 19.9 Å². The number of aromatic hydroxyl groups is 1. The van der Waals surface area contributed by atoms with E-state index in [-0.39, 0.29) is 5.75 Å². The van der Waals surface area contributed by atoms with E-state index in [1.165, 1.54) is 0 Å². The van der Waals surface area contributed by atoms with E-state index >= 15 is 0 Å². The molecule has 0 fully saturated rings. The number of phenols is 1. The second-order valence-corrected chi connectivity index (χ2v) is 6.92. The number of hydrogen-bond acceptors (Lipinski definition) is 6. The van der Waals surface area contributed by atoms with Crippen molar-refractivity contribution in [3.05, 3.63) is 46.9 Å². The first kappa shape index (κ1) is 17.9. The average Bonchev–Trinajstić information content (AvgIpc) is 2.96. The molecule has 26 heavy (non-hydrogen) atoms. The lowest BCUT2D eigenvalue weighted by Gasteiger charge is -2.14. The average molecular weight is 370 g/mol. The van der Waals surface area contributed by atoms with E-state index in [4.69, 9.17) is 12.2 Å². The third-order valence-corrected chi connectivity index (χ3v) is 4.32. The van der Waals surface area contributed by atoms with Crippen LogP contribution < -0.4 is 10.3 Å². The van der Waals surface area contributed by atoms with Crippen molar-refractivity contribution in [1.82, 2.24) is 19.9 Å². The zero-order valence-corrected chi connectivity index (χ0v) is 16.0. The van der Waals surface area contributed by atoms with Crippen molar-refractivity contribution in [1.29, 1.82) is 0 Å². The number of anilines is 2. The number of aromatic nitrogens is 4. The van der Waals surface area contributed by atoms with Crippen LogP contribution in [0, 0.1) is 4.77 Å². The van der Waals surface area contributed by atoms with Crippen molar-refractivity contribution in [3.63, 3.8) is 0 Å². The van der Waals surface area contributed by atoms with Crippen LogP contribution in [0.4, 0.5) is 11.5 Å². The summed E-state index contributed by atoms with van der Waals surface area (Å²) in [5.74, 6) is 1.84. The van der Waals surface area contributed by atoms with Crippen LogP contribution >= 0.6 is 12.2 Å². The van der Waals surface area contributed by atoms with Gasteiger partial charge in [-0.05, 0) is 48.0 Å². The fourth-order valence-corrected chi connectivity index (χ4v) is 2.70. The van der Waals surface area contributed by atoms with Crippen LogP contribution in [0.5, 0.6) is 5.75 Å². The summed E-state index contributed by atoms with van der Waals surface area (Å²) < 4.78 is 2.02. The highest BCUT2D eigenvalue weighted by Crippen LogP contribution is 2.31. The molecular weight excluding hydrogens is 348 g/mol. The molecule has 0 bridgehead atoms. The number of phenolic OH excluding ortho intramolecular Hbond substituents is 1. The highest BCUT2D eigenvalue weighted by atomic mass is 32.1. The van der Waals surface area contributed by atoms with E-state index < -0.39 is 0 Å². The van der Waals surface area contributed by atoms with Crippen molar-refractivity contribution < 1.29 is 5.11 Å². The summed E-state index contributed by atoms with van der Waals surface area (Å²) in [4.78, 5) is 6.31. The zero-order chi connectivity index (χ0) is 18.8. The fourth-order valence-electron chi connectivity index (χ4n) is 2.52. The third-order valence-electron chi connectivity index (χ3n) is 4.05. The van der Waals surface area contributed by atoms with Gasteiger partial charge < -0.3 is 10.0 Å². The van der Waals surface area contributed by atoms with Gasteiger partial charge in [0.05, 0.1) is 17.4 Å². The van der Waals surface area contributed by atoms with Crippen molar-refractivity contribution in [2.75, 3.05) is 24.4 Å². The van der Waals surface area contributed by atoms with Crippen LogP contribution in [-0.4, -0.2) is 39.1 Å². The summed E-state index contributed by atoms with van der Waals surface area (Å²) >= 11 is 5.34. The highest BCUT2D eigenvalue weighted by molar-refractivity contribution is 7.71. The summed E-state index contributed by atoms with van der Waals surface area (Å²) in [5, 5.41) is 17.4. The van der Waals surface area contributed by atoms with Crippen molar-refractivity contribution in [2.45, 2.75) is 19.8 Å². The van der Waals surface area contributed by atoms with Crippen molar-refractivity contribution in [2.24, 2.45) is 0 Å². The molecule has 0 aliphatic carbocycles. The number of nitrogens with zero attached hydrogens (tertiary/aromatic N) is 4. The molecule has 3 rings (SSSR count). The van der Waals surface area contributed by atoms with Crippen molar-refractivity contribution >= 4 is 23.7 Å². The first-order chi connectivity index (χ1) is 12.4. The Morgan fingerprint density at radius 2 is 2.00 bits per heavy atom. The summed E-state index contributed by atoms with van der Waals surface area (Å²) in [6.45, 7) is 4.20. The maximum absolute atomic E-state index is 10.3. The van der Waals surface area contributed by atoms with Gasteiger partial charge in [0.2, 0.25) is 4.77 Å². The molecule has 3 aromatic rings. The molecule has 8 heteroatoms. The van der Waals surface area contributed by atoms with E-state index in [9.17, 15) is 5.11 Å². The summed E-state index contributed by atoms with van der Waals surface area (Å²) in [5.41, 5.74) is 5.66. The zero-order valence-electron chi connectivity index (χ0n) is 15.2. The van der Waals surface area contributed by atoms with E-state index in [2.05, 4.69) is 34.5 Å². The molecule has 0 radical (unpaired) electrons. The number of nitrogens with one attached hydrogen (secondary N) is 2. The van der Waals surface area contributed by atoms with Crippen LogP contribution in [0.1, 0.15) is 25.3 Å². The lowest BCUT2D eigenvalue weighted by atomic mass is 10.00. The number of aromatic amines is 1. The molecular formula is C18H22N6OS. The molecule has 7 nitrogen and oxygen atoms in total. The van der Waals surface area contributed by atoms with Gasteiger partial charge in [0.1, 0.15) is 11.6 Å². The largest absolute Gasteiger partial charge is 0.507 e. The third kappa shape index (κ3) is 3.55. The van der Waals surface area contributed by atoms with Gasteiger partial charge in [-0.15, -0.1) is 0 Å². The number of pyridine rings is 1. The van der Waals surface area contributed by atoms with Gasteiger partial charge in [-0.2, -0.15) is 5.10 Å². The molecule has 0 aliphatic heterocycles. The number of H-pyrrole nitrogens is 1. The minimum absolute atomic E-state index is 0.146. The van der Waals surface area contributed by atoms with Gasteiger partial charge in [-0.25, -0.2) is 14.8 Å². The Labute approximate surface area is 157 Å². The molecule has 0 spiro atoms. The minimum Gasteiger partial charge on any atom is -0.507 e. The first-order valence-corrected chi connectivity index (χ1v) is 8.68. The van der Waals surface area contributed by atoms with Crippen LogP contribution in [-0.2, 0) is 0 Å². The van der Waals surface area contributed by atoms with Crippen LogP contribution in [0.15, 0.2) is 36.5 Å². The second-order valence-electron chi connectivity index (χ2n) is 6.53. The van der Waals surface area contributed by atoms with Gasteiger partial charge in [0.25, 0.3) is 0 Å². The van der Waals surface area contributed by atoms with Crippen LogP contribution in [0.25, 0.3) is 11.4 Å². The minimum atomic E-state index is 0.146. The topological polar surface area (TPSA) is 82.0 Å². The molecule has 0 aliphatic rings. The van der Waals surface area contributed by atoms with Gasteiger partial charge in [0, 0.05) is 14.1 Å². The molecule has 0 atom stereocenters. The van der Waals surface area contributed by atoms with E-state index in [1.54, 1.807) is 16.9 Å². The standard InChI is InChI=1S/C18H22N6OS/c1-11(2)12-5-7-15(25)14(9-12)17-20-21-18(26)24(17)22-13-6-8-16(19-10-13)23(3)4/h5-11,22,25H,1-4H3,(H,21,26). The lowest BCUT2D eigenvalue weighted by Crippen LogP contribution is -2.13. The summed E-state index contributed by atoms with van der Waals surface area (Å²) in [7, 11) is 3.87. The monoisotopic (exact) mass is 370 g/mol. The summed E-state index contributed by atoms with van der Waals surface area (Å²) in [6, 6.07) is 9.33. The summed E-state index contributed by atoms with van der Waals surface area (Å²) in [6.07, 6.45) is 1.72. The number of benzene rings is 1. The Morgan fingerprint density at radius 1 is 1.23 bits per heavy atom. The Kier molecular flexibility index (Phi) is 4.94. The highest BCUT2D eigenvalue weighted by Gasteiger charge is 2.15. The SMILES string of the molecule is CC(C)c1ccc(O)c(-c2n[nH]c(=S)n2Nc2ccc(N(C)C)nc2)c1. The van der Waals surface area contributed by atoms with E-state index in [0.29, 0.717) is 22.1 Å². The predicted octanol–water partition coefficient (Wildman–Crippen LogP) is 3.77. The van der Waals surface area contributed by atoms with E-state index in [0.717, 1.165) is 17.1 Å². The van der Waals surface area contributed by atoms with Crippen LogP contribution in [0.2, 0.25) is 0 Å². The fraction of sp³-hybridized carbons (Fsp3) is 0.278. The molecule has 2 aromatic heterocycles. The molecule has 3 N–H and O–H groups in total. The van der Waals surface area contributed by atoms with Gasteiger partial charge in [0.15, 0.2) is 5.82 Å². The van der Waals surface area contributed by atoms with Crippen LogP contribution in [0.3, 0.4) is 0 Å². The molecule has 136 valence electrons. The van der Waals surface area contributed by atoms with Gasteiger partial charge >= 0.3 is 0 Å². The molecule has 0 amide bonds. The van der Waals surface area contributed by atoms with E-state index in [1.807, 2.05) is 43.3 Å². The Morgan fingerprint density at radius 3 is 2.62 bits per heavy atom. The molecule has 0 saturated carbocycles. The lowest BCUT2D eigenvalue weighted by molar-refractivity contribution is 0.476. The Balaban J connectivity index is 2.00. The number of rotatable bonds is 5. The van der Waals surface area contributed by atoms with Gasteiger partial charge in [-0.3, -0.25) is 5.43 Å². The maximum Gasteiger partial charge on any atom is 0.214 e. The normalized spacial score (nSPS) is 11.0. The number of hydrogen-bond donors (Lipinski definition) is 3. The Hall–Kier alpha value is -2.87. The molecule has 0 unspecified atom stereocenters. The molecule has 1 aromatic carbocycles. The Bertz CT molecular complexity index is 959. The maximum atomic E-state index is 10.3. The second kappa shape index (κ2) is 7.17. The molecule has 0 saturated heterocycles.